The number of nitrogens with zero attached hydrogens (tertiary/aromatic N) is 1. The zero-order valence-corrected chi connectivity index (χ0v) is 15.9. The number of anilines is 2. The Hall–Kier alpha value is -2.34. The molecule has 0 aromatic heterocycles. The molecule has 1 N–H and O–H groups in total. The molecule has 2 aromatic carbocycles. The maximum Gasteiger partial charge on any atom is 0.261 e. The summed E-state index contributed by atoms with van der Waals surface area (Å²) in [5, 5.41) is 0. The Labute approximate surface area is 155 Å². The quantitative estimate of drug-likeness (QED) is 0.858. The molecule has 0 radical (unpaired) electrons. The second-order valence-electron chi connectivity index (χ2n) is 6.88. The summed E-state index contributed by atoms with van der Waals surface area (Å²) in [4.78, 5) is 14.0. The Balaban J connectivity index is 1.74. The van der Waals surface area contributed by atoms with Crippen LogP contribution in [0.5, 0.6) is 0 Å². The van der Waals surface area contributed by atoms with Gasteiger partial charge in [-0.05, 0) is 60.7 Å². The predicted molar refractivity (Wildman–Crippen MR) is 104 cm³/mol. The molecule has 2 aromatic rings. The molecule has 0 atom stereocenters. The molecule has 0 saturated carbocycles. The molecule has 3 rings (SSSR count). The molecule has 5 nitrogen and oxygen atoms in total. The van der Waals surface area contributed by atoms with Gasteiger partial charge in [-0.1, -0.05) is 26.0 Å². The molecule has 6 heteroatoms. The van der Waals surface area contributed by atoms with E-state index in [0.29, 0.717) is 24.6 Å². The van der Waals surface area contributed by atoms with Crippen LogP contribution in [0.2, 0.25) is 0 Å². The number of piperidine rings is 1. The molecule has 26 heavy (non-hydrogen) atoms. The van der Waals surface area contributed by atoms with Crippen LogP contribution in [0.1, 0.15) is 44.6 Å². The fourth-order valence-electron chi connectivity index (χ4n) is 3.03. The first-order chi connectivity index (χ1) is 12.4. The highest BCUT2D eigenvalue weighted by atomic mass is 32.2. The van der Waals surface area contributed by atoms with Gasteiger partial charge in [-0.15, -0.1) is 0 Å². The largest absolute Gasteiger partial charge is 0.312 e. The van der Waals surface area contributed by atoms with Gasteiger partial charge in [0.05, 0.1) is 4.90 Å². The van der Waals surface area contributed by atoms with Gasteiger partial charge in [0.1, 0.15) is 0 Å². The smallest absolute Gasteiger partial charge is 0.261 e. The van der Waals surface area contributed by atoms with Crippen LogP contribution < -0.4 is 9.62 Å². The third-order valence-corrected chi connectivity index (χ3v) is 6.01. The van der Waals surface area contributed by atoms with Crippen molar-refractivity contribution in [3.8, 4) is 0 Å². The third-order valence-electron chi connectivity index (χ3n) is 4.61. The second kappa shape index (κ2) is 7.50. The summed E-state index contributed by atoms with van der Waals surface area (Å²) in [5.41, 5.74) is 2.38. The molecule has 0 spiro atoms. The van der Waals surface area contributed by atoms with Gasteiger partial charge >= 0.3 is 0 Å². The lowest BCUT2D eigenvalue weighted by molar-refractivity contribution is -0.119. The van der Waals surface area contributed by atoms with Crippen molar-refractivity contribution in [3.63, 3.8) is 0 Å². The van der Waals surface area contributed by atoms with Crippen LogP contribution in [0.3, 0.4) is 0 Å². The predicted octanol–water partition coefficient (Wildman–Crippen LogP) is 4.13. The summed E-state index contributed by atoms with van der Waals surface area (Å²) in [6, 6.07) is 13.9. The summed E-state index contributed by atoms with van der Waals surface area (Å²) in [7, 11) is -3.63. The van der Waals surface area contributed by atoms with Crippen LogP contribution in [-0.2, 0) is 14.8 Å². The SMILES string of the molecule is CC(C)c1ccc(S(=O)(=O)Nc2ccc(N3CCCCC3=O)cc2)cc1. The molecule has 1 fully saturated rings. The molecule has 138 valence electrons. The average Bonchev–Trinajstić information content (AvgIpc) is 2.63. The van der Waals surface area contributed by atoms with Gasteiger partial charge in [-0.3, -0.25) is 9.52 Å². The standard InChI is InChI=1S/C20H24N2O3S/c1-15(2)16-6-12-19(13-7-16)26(24,25)21-17-8-10-18(11-9-17)22-14-4-3-5-20(22)23/h6-13,15,21H,3-5,14H2,1-2H3. The number of sulfonamides is 1. The Morgan fingerprint density at radius 2 is 1.62 bits per heavy atom. The molecule has 1 heterocycles. The Bertz CT molecular complexity index is 872. The molecule has 0 aliphatic carbocycles. The van der Waals surface area contributed by atoms with E-state index < -0.39 is 10.0 Å². The molecular weight excluding hydrogens is 348 g/mol. The monoisotopic (exact) mass is 372 g/mol. The summed E-state index contributed by atoms with van der Waals surface area (Å²) in [6.07, 6.45) is 2.50. The fourth-order valence-corrected chi connectivity index (χ4v) is 4.09. The number of hydrogen-bond donors (Lipinski definition) is 1. The van der Waals surface area contributed by atoms with Gasteiger partial charge < -0.3 is 4.90 Å². The van der Waals surface area contributed by atoms with Crippen LogP contribution in [0.15, 0.2) is 53.4 Å². The minimum atomic E-state index is -3.63. The van der Waals surface area contributed by atoms with Gasteiger partial charge in [0, 0.05) is 24.3 Å². The van der Waals surface area contributed by atoms with Gasteiger partial charge in [-0.2, -0.15) is 0 Å². The minimum Gasteiger partial charge on any atom is -0.312 e. The van der Waals surface area contributed by atoms with E-state index in [1.54, 1.807) is 41.3 Å². The van der Waals surface area contributed by atoms with E-state index in [2.05, 4.69) is 18.6 Å². The Kier molecular flexibility index (Phi) is 5.32. The van der Waals surface area contributed by atoms with Crippen molar-refractivity contribution in [3.05, 3.63) is 54.1 Å². The van der Waals surface area contributed by atoms with Crippen molar-refractivity contribution in [1.82, 2.24) is 0 Å². The van der Waals surface area contributed by atoms with Gasteiger partial charge in [0.2, 0.25) is 5.91 Å². The van der Waals surface area contributed by atoms with E-state index in [4.69, 9.17) is 0 Å². The lowest BCUT2D eigenvalue weighted by Gasteiger charge is -2.26. The number of amides is 1. The average molecular weight is 372 g/mol. The summed E-state index contributed by atoms with van der Waals surface area (Å²) < 4.78 is 27.7. The highest BCUT2D eigenvalue weighted by Gasteiger charge is 2.20. The molecule has 0 unspecified atom stereocenters. The van der Waals surface area contributed by atoms with Crippen LogP contribution in [0.25, 0.3) is 0 Å². The van der Waals surface area contributed by atoms with E-state index in [9.17, 15) is 13.2 Å². The summed E-state index contributed by atoms with van der Waals surface area (Å²) >= 11 is 0. The maximum atomic E-state index is 12.5. The van der Waals surface area contributed by atoms with E-state index in [-0.39, 0.29) is 10.8 Å². The number of carbonyl (C=O) groups excluding carboxylic acids is 1. The molecule has 0 bridgehead atoms. The minimum absolute atomic E-state index is 0.120. The van der Waals surface area contributed by atoms with Crippen LogP contribution in [-0.4, -0.2) is 20.9 Å². The normalized spacial score (nSPS) is 15.3. The van der Waals surface area contributed by atoms with E-state index in [1.165, 1.54) is 0 Å². The van der Waals surface area contributed by atoms with E-state index in [1.807, 2.05) is 12.1 Å². The van der Waals surface area contributed by atoms with Crippen LogP contribution in [0.4, 0.5) is 11.4 Å². The molecule has 1 amide bonds. The number of nitrogens with one attached hydrogen (secondary N) is 1. The zero-order valence-electron chi connectivity index (χ0n) is 15.1. The van der Waals surface area contributed by atoms with Crippen molar-refractivity contribution in [1.29, 1.82) is 0 Å². The van der Waals surface area contributed by atoms with Crippen molar-refractivity contribution < 1.29 is 13.2 Å². The Morgan fingerprint density at radius 1 is 0.962 bits per heavy atom. The number of benzene rings is 2. The molecule has 1 aliphatic heterocycles. The van der Waals surface area contributed by atoms with Gasteiger partial charge in [0.15, 0.2) is 0 Å². The summed E-state index contributed by atoms with van der Waals surface area (Å²) in [5.74, 6) is 0.472. The van der Waals surface area contributed by atoms with Crippen LogP contribution >= 0.6 is 0 Å². The molecule has 1 saturated heterocycles. The van der Waals surface area contributed by atoms with E-state index >= 15 is 0 Å². The van der Waals surface area contributed by atoms with Crippen molar-refractivity contribution in [2.24, 2.45) is 0 Å². The molecule has 1 aliphatic rings. The van der Waals surface area contributed by atoms with Crippen LogP contribution in [0, 0.1) is 0 Å². The Morgan fingerprint density at radius 3 is 2.19 bits per heavy atom. The molecular formula is C20H24N2O3S. The van der Waals surface area contributed by atoms with Crippen molar-refractivity contribution in [2.75, 3.05) is 16.2 Å². The van der Waals surface area contributed by atoms with E-state index in [0.717, 1.165) is 24.1 Å². The fraction of sp³-hybridized carbons (Fsp3) is 0.350. The first kappa shape index (κ1) is 18.5. The summed E-state index contributed by atoms with van der Waals surface area (Å²) in [6.45, 7) is 4.85. The van der Waals surface area contributed by atoms with Crippen molar-refractivity contribution in [2.45, 2.75) is 43.9 Å². The first-order valence-electron chi connectivity index (χ1n) is 8.90. The third kappa shape index (κ3) is 4.07. The van der Waals surface area contributed by atoms with Gasteiger partial charge in [0.25, 0.3) is 10.0 Å². The van der Waals surface area contributed by atoms with Crippen molar-refractivity contribution >= 4 is 27.3 Å². The highest BCUT2D eigenvalue weighted by Crippen LogP contribution is 2.24. The maximum absolute atomic E-state index is 12.5. The number of carbonyl (C=O) groups is 1. The highest BCUT2D eigenvalue weighted by molar-refractivity contribution is 7.92. The zero-order chi connectivity index (χ0) is 18.7. The first-order valence-corrected chi connectivity index (χ1v) is 10.4. The number of hydrogen-bond acceptors (Lipinski definition) is 3. The van der Waals surface area contributed by atoms with Gasteiger partial charge in [-0.25, -0.2) is 8.42 Å². The topological polar surface area (TPSA) is 66.5 Å². The lowest BCUT2D eigenvalue weighted by Crippen LogP contribution is -2.35. The lowest BCUT2D eigenvalue weighted by atomic mass is 10.0. The number of rotatable bonds is 5. The second-order valence-corrected chi connectivity index (χ2v) is 8.56.